The summed E-state index contributed by atoms with van der Waals surface area (Å²) >= 11 is 0. The normalized spacial score (nSPS) is 18.7. The van der Waals surface area contributed by atoms with E-state index in [4.69, 9.17) is 0 Å². The van der Waals surface area contributed by atoms with Gasteiger partial charge in [-0.3, -0.25) is 4.68 Å². The van der Waals surface area contributed by atoms with E-state index in [0.29, 0.717) is 5.92 Å². The summed E-state index contributed by atoms with van der Waals surface area (Å²) in [6.07, 6.45) is 4.72. The molecule has 1 fully saturated rings. The van der Waals surface area contributed by atoms with Gasteiger partial charge in [0.15, 0.2) is 0 Å². The minimum absolute atomic E-state index is 0.538. The van der Waals surface area contributed by atoms with E-state index in [1.54, 1.807) is 0 Å². The molecule has 0 atom stereocenters. The number of nitrogens with zero attached hydrogens (tertiary/aromatic N) is 2. The van der Waals surface area contributed by atoms with E-state index < -0.39 is 0 Å². The first-order valence-corrected chi connectivity index (χ1v) is 5.92. The molecule has 3 nitrogen and oxygen atoms in total. The molecule has 1 aromatic rings. The molecule has 0 saturated carbocycles. The minimum Gasteiger partial charge on any atom is -0.317 e. The lowest BCUT2D eigenvalue weighted by Crippen LogP contribution is -2.27. The van der Waals surface area contributed by atoms with E-state index in [2.05, 4.69) is 30.5 Å². The van der Waals surface area contributed by atoms with Crippen LogP contribution in [-0.4, -0.2) is 22.9 Å². The van der Waals surface area contributed by atoms with E-state index in [9.17, 15) is 0 Å². The van der Waals surface area contributed by atoms with Gasteiger partial charge >= 0.3 is 0 Å². The Kier molecular flexibility index (Phi) is 3.10. The molecular formula is C12H21N3. The van der Waals surface area contributed by atoms with E-state index >= 15 is 0 Å². The van der Waals surface area contributed by atoms with Crippen molar-refractivity contribution in [3.63, 3.8) is 0 Å². The van der Waals surface area contributed by atoms with Gasteiger partial charge in [-0.1, -0.05) is 13.8 Å². The van der Waals surface area contributed by atoms with Crippen molar-refractivity contribution in [2.75, 3.05) is 13.1 Å². The third kappa shape index (κ3) is 2.23. The van der Waals surface area contributed by atoms with Gasteiger partial charge in [0.05, 0.1) is 5.69 Å². The highest BCUT2D eigenvalue weighted by molar-refractivity contribution is 5.25. The fraction of sp³-hybridized carbons (Fsp3) is 0.750. The maximum absolute atomic E-state index is 4.58. The first-order chi connectivity index (χ1) is 7.18. The second-order valence-corrected chi connectivity index (χ2v) is 4.82. The van der Waals surface area contributed by atoms with Crippen LogP contribution >= 0.6 is 0 Å². The summed E-state index contributed by atoms with van der Waals surface area (Å²) in [5, 5.41) is 7.99. The first kappa shape index (κ1) is 10.7. The van der Waals surface area contributed by atoms with Crippen LogP contribution in [0.15, 0.2) is 6.20 Å². The van der Waals surface area contributed by atoms with Gasteiger partial charge in [-0.2, -0.15) is 5.10 Å². The average Bonchev–Trinajstić information content (AvgIpc) is 2.62. The molecule has 2 heterocycles. The third-order valence-corrected chi connectivity index (χ3v) is 3.21. The standard InChI is InChI=1S/C12H21N3/c1-9(2)12-11(8-15(3)14-12)10-4-6-13-7-5-10/h8-10,13H,4-7H2,1-3H3. The molecular weight excluding hydrogens is 186 g/mol. The molecule has 0 bridgehead atoms. The van der Waals surface area contributed by atoms with Crippen molar-refractivity contribution < 1.29 is 0 Å². The lowest BCUT2D eigenvalue weighted by molar-refractivity contribution is 0.457. The summed E-state index contributed by atoms with van der Waals surface area (Å²) in [4.78, 5) is 0. The van der Waals surface area contributed by atoms with Gasteiger partial charge in [-0.05, 0) is 43.3 Å². The molecule has 1 aromatic heterocycles. The summed E-state index contributed by atoms with van der Waals surface area (Å²) in [5.74, 6) is 1.26. The highest BCUT2D eigenvalue weighted by Crippen LogP contribution is 2.30. The molecule has 15 heavy (non-hydrogen) atoms. The first-order valence-electron chi connectivity index (χ1n) is 5.92. The van der Waals surface area contributed by atoms with Crippen LogP contribution in [0.5, 0.6) is 0 Å². The van der Waals surface area contributed by atoms with Crippen LogP contribution in [0, 0.1) is 0 Å². The smallest absolute Gasteiger partial charge is 0.0684 e. The Bertz CT molecular complexity index is 322. The van der Waals surface area contributed by atoms with Crippen LogP contribution in [-0.2, 0) is 7.05 Å². The van der Waals surface area contributed by atoms with Crippen LogP contribution in [0.4, 0.5) is 0 Å². The van der Waals surface area contributed by atoms with Crippen LogP contribution in [0.25, 0.3) is 0 Å². The number of nitrogens with one attached hydrogen (secondary N) is 1. The summed E-state index contributed by atoms with van der Waals surface area (Å²) in [5.41, 5.74) is 2.78. The van der Waals surface area contributed by atoms with Crippen molar-refractivity contribution in [3.05, 3.63) is 17.5 Å². The Balaban J connectivity index is 2.25. The van der Waals surface area contributed by atoms with Gasteiger partial charge in [0.2, 0.25) is 0 Å². The van der Waals surface area contributed by atoms with Crippen molar-refractivity contribution in [3.8, 4) is 0 Å². The molecule has 0 radical (unpaired) electrons. The van der Waals surface area contributed by atoms with Crippen molar-refractivity contribution in [2.24, 2.45) is 7.05 Å². The minimum atomic E-state index is 0.538. The molecule has 0 unspecified atom stereocenters. The predicted octanol–water partition coefficient (Wildman–Crippen LogP) is 2.01. The Morgan fingerprint density at radius 1 is 1.40 bits per heavy atom. The second kappa shape index (κ2) is 4.35. The SMILES string of the molecule is CC(C)c1nn(C)cc1C1CCNCC1. The van der Waals surface area contributed by atoms with Gasteiger partial charge in [0.1, 0.15) is 0 Å². The molecule has 0 spiro atoms. The molecule has 3 heteroatoms. The number of hydrogen-bond donors (Lipinski definition) is 1. The molecule has 1 N–H and O–H groups in total. The van der Waals surface area contributed by atoms with E-state index in [0.717, 1.165) is 19.0 Å². The van der Waals surface area contributed by atoms with Crippen LogP contribution < -0.4 is 5.32 Å². The summed E-state index contributed by atoms with van der Waals surface area (Å²) in [6, 6.07) is 0. The van der Waals surface area contributed by atoms with Gasteiger partial charge in [-0.25, -0.2) is 0 Å². The molecule has 0 aliphatic carbocycles. The number of hydrogen-bond acceptors (Lipinski definition) is 2. The zero-order valence-corrected chi connectivity index (χ0v) is 9.95. The highest BCUT2D eigenvalue weighted by Gasteiger charge is 2.21. The van der Waals surface area contributed by atoms with E-state index in [1.165, 1.54) is 24.1 Å². The number of rotatable bonds is 2. The largest absolute Gasteiger partial charge is 0.317 e. The number of aromatic nitrogens is 2. The number of piperidine rings is 1. The summed E-state index contributed by atoms with van der Waals surface area (Å²) < 4.78 is 1.96. The maximum Gasteiger partial charge on any atom is 0.0684 e. The van der Waals surface area contributed by atoms with Gasteiger partial charge < -0.3 is 5.32 Å². The van der Waals surface area contributed by atoms with Gasteiger partial charge in [0.25, 0.3) is 0 Å². The highest BCUT2D eigenvalue weighted by atomic mass is 15.3. The molecule has 1 aliphatic heterocycles. The predicted molar refractivity (Wildman–Crippen MR) is 62.1 cm³/mol. The lowest BCUT2D eigenvalue weighted by Gasteiger charge is -2.23. The van der Waals surface area contributed by atoms with E-state index in [-0.39, 0.29) is 0 Å². The van der Waals surface area contributed by atoms with Gasteiger partial charge in [-0.15, -0.1) is 0 Å². The van der Waals surface area contributed by atoms with E-state index in [1.807, 2.05) is 11.7 Å². The van der Waals surface area contributed by atoms with Crippen LogP contribution in [0.2, 0.25) is 0 Å². The zero-order chi connectivity index (χ0) is 10.8. The zero-order valence-electron chi connectivity index (χ0n) is 9.95. The molecule has 84 valence electrons. The Morgan fingerprint density at radius 3 is 2.67 bits per heavy atom. The molecule has 0 amide bonds. The fourth-order valence-electron chi connectivity index (χ4n) is 2.42. The number of aryl methyl sites for hydroxylation is 1. The monoisotopic (exact) mass is 207 g/mol. The molecule has 1 saturated heterocycles. The van der Waals surface area contributed by atoms with Crippen molar-refractivity contribution in [1.29, 1.82) is 0 Å². The Morgan fingerprint density at radius 2 is 2.07 bits per heavy atom. The Hall–Kier alpha value is -0.830. The Labute approximate surface area is 91.9 Å². The molecule has 0 aromatic carbocycles. The maximum atomic E-state index is 4.58. The summed E-state index contributed by atoms with van der Waals surface area (Å²) in [7, 11) is 2.02. The quantitative estimate of drug-likeness (QED) is 0.804. The van der Waals surface area contributed by atoms with Crippen molar-refractivity contribution >= 4 is 0 Å². The topological polar surface area (TPSA) is 29.9 Å². The second-order valence-electron chi connectivity index (χ2n) is 4.82. The van der Waals surface area contributed by atoms with Crippen molar-refractivity contribution in [2.45, 2.75) is 38.5 Å². The average molecular weight is 207 g/mol. The van der Waals surface area contributed by atoms with Crippen LogP contribution in [0.3, 0.4) is 0 Å². The third-order valence-electron chi connectivity index (χ3n) is 3.21. The molecule has 1 aliphatic rings. The fourth-order valence-corrected chi connectivity index (χ4v) is 2.42. The lowest BCUT2D eigenvalue weighted by atomic mass is 9.88. The molecule has 2 rings (SSSR count). The van der Waals surface area contributed by atoms with Crippen molar-refractivity contribution in [1.82, 2.24) is 15.1 Å². The van der Waals surface area contributed by atoms with Gasteiger partial charge in [0, 0.05) is 13.2 Å². The summed E-state index contributed by atoms with van der Waals surface area (Å²) in [6.45, 7) is 6.76. The van der Waals surface area contributed by atoms with Crippen LogP contribution in [0.1, 0.15) is 49.8 Å².